The van der Waals surface area contributed by atoms with E-state index in [1.54, 1.807) is 0 Å². The zero-order valence-corrected chi connectivity index (χ0v) is 10.5. The van der Waals surface area contributed by atoms with Gasteiger partial charge in [0.05, 0.1) is 0 Å². The lowest BCUT2D eigenvalue weighted by atomic mass is 9.75. The van der Waals surface area contributed by atoms with Gasteiger partial charge < -0.3 is 10.6 Å². The van der Waals surface area contributed by atoms with Crippen LogP contribution in [0.15, 0.2) is 0 Å². The molecule has 1 atom stereocenters. The van der Waals surface area contributed by atoms with E-state index in [-0.39, 0.29) is 0 Å². The Labute approximate surface area is 94.2 Å². The molecule has 1 aliphatic carbocycles. The molecule has 1 saturated heterocycles. The van der Waals surface area contributed by atoms with Crippen molar-refractivity contribution < 1.29 is 0 Å². The Morgan fingerprint density at radius 2 is 1.87 bits per heavy atom. The van der Waals surface area contributed by atoms with Crippen molar-refractivity contribution in [3.8, 4) is 0 Å². The minimum absolute atomic E-state index is 0.430. The molecule has 2 aliphatic rings. The van der Waals surface area contributed by atoms with E-state index in [9.17, 15) is 0 Å². The summed E-state index contributed by atoms with van der Waals surface area (Å²) in [4.78, 5) is 0. The first-order valence-electron chi connectivity index (χ1n) is 6.60. The standard InChI is InChI=1S/C13H26N2/c1-10(2)12-8-14-9-13(15-12)6-4-11(3)5-7-13/h10-12,14-15H,4-9H2,1-3H3. The lowest BCUT2D eigenvalue weighted by Crippen LogP contribution is -2.65. The lowest BCUT2D eigenvalue weighted by molar-refractivity contribution is 0.128. The Kier molecular flexibility index (Phi) is 3.36. The summed E-state index contributed by atoms with van der Waals surface area (Å²) < 4.78 is 0. The maximum atomic E-state index is 3.93. The Morgan fingerprint density at radius 3 is 2.47 bits per heavy atom. The van der Waals surface area contributed by atoms with Gasteiger partial charge in [0.1, 0.15) is 0 Å². The Morgan fingerprint density at radius 1 is 1.20 bits per heavy atom. The van der Waals surface area contributed by atoms with E-state index in [1.165, 1.54) is 32.2 Å². The smallest absolute Gasteiger partial charge is 0.0309 e. The summed E-state index contributed by atoms with van der Waals surface area (Å²) in [6.07, 6.45) is 5.54. The SMILES string of the molecule is CC1CCC2(CC1)CNCC(C(C)C)N2. The average molecular weight is 210 g/mol. The monoisotopic (exact) mass is 210 g/mol. The molecular weight excluding hydrogens is 184 g/mol. The number of nitrogens with one attached hydrogen (secondary N) is 2. The number of hydrogen-bond acceptors (Lipinski definition) is 2. The molecule has 88 valence electrons. The molecular formula is C13H26N2. The van der Waals surface area contributed by atoms with Gasteiger partial charge in [0.15, 0.2) is 0 Å². The number of hydrogen-bond donors (Lipinski definition) is 2. The summed E-state index contributed by atoms with van der Waals surface area (Å²) in [6.45, 7) is 9.37. The summed E-state index contributed by atoms with van der Waals surface area (Å²) in [5.74, 6) is 1.69. The summed E-state index contributed by atoms with van der Waals surface area (Å²) >= 11 is 0. The van der Waals surface area contributed by atoms with Crippen molar-refractivity contribution in [1.29, 1.82) is 0 Å². The van der Waals surface area contributed by atoms with Gasteiger partial charge in [-0.3, -0.25) is 0 Å². The van der Waals surface area contributed by atoms with Gasteiger partial charge in [0.25, 0.3) is 0 Å². The van der Waals surface area contributed by atoms with Crippen LogP contribution in [-0.4, -0.2) is 24.7 Å². The highest BCUT2D eigenvalue weighted by atomic mass is 15.1. The maximum Gasteiger partial charge on any atom is 0.0309 e. The third kappa shape index (κ3) is 2.54. The van der Waals surface area contributed by atoms with Crippen LogP contribution < -0.4 is 10.6 Å². The fourth-order valence-corrected chi connectivity index (χ4v) is 3.00. The van der Waals surface area contributed by atoms with Crippen LogP contribution in [0.2, 0.25) is 0 Å². The van der Waals surface area contributed by atoms with Crippen LogP contribution >= 0.6 is 0 Å². The largest absolute Gasteiger partial charge is 0.313 e. The Balaban J connectivity index is 1.96. The normalized spacial score (nSPS) is 42.4. The van der Waals surface area contributed by atoms with E-state index in [2.05, 4.69) is 31.4 Å². The Hall–Kier alpha value is -0.0800. The highest BCUT2D eigenvalue weighted by Crippen LogP contribution is 2.33. The average Bonchev–Trinajstić information content (AvgIpc) is 2.23. The quantitative estimate of drug-likeness (QED) is 0.693. The van der Waals surface area contributed by atoms with E-state index in [0.29, 0.717) is 11.6 Å². The van der Waals surface area contributed by atoms with Gasteiger partial charge in [0.2, 0.25) is 0 Å². The van der Waals surface area contributed by atoms with Crippen molar-refractivity contribution in [1.82, 2.24) is 10.6 Å². The van der Waals surface area contributed by atoms with E-state index in [4.69, 9.17) is 0 Å². The number of piperazine rings is 1. The molecule has 0 aromatic carbocycles. The van der Waals surface area contributed by atoms with Gasteiger partial charge in [-0.15, -0.1) is 0 Å². The molecule has 2 N–H and O–H groups in total. The predicted molar refractivity (Wildman–Crippen MR) is 65.0 cm³/mol. The van der Waals surface area contributed by atoms with Crippen molar-refractivity contribution in [3.05, 3.63) is 0 Å². The van der Waals surface area contributed by atoms with Gasteiger partial charge in [-0.2, -0.15) is 0 Å². The molecule has 1 aliphatic heterocycles. The molecule has 1 unspecified atom stereocenters. The molecule has 1 heterocycles. The van der Waals surface area contributed by atoms with Gasteiger partial charge in [-0.25, -0.2) is 0 Å². The third-order valence-corrected chi connectivity index (χ3v) is 4.36. The van der Waals surface area contributed by atoms with Crippen molar-refractivity contribution in [3.63, 3.8) is 0 Å². The van der Waals surface area contributed by atoms with E-state index < -0.39 is 0 Å². The van der Waals surface area contributed by atoms with Crippen LogP contribution in [0.1, 0.15) is 46.5 Å². The fourth-order valence-electron chi connectivity index (χ4n) is 3.00. The molecule has 0 bridgehead atoms. The highest BCUT2D eigenvalue weighted by molar-refractivity contribution is 5.00. The molecule has 15 heavy (non-hydrogen) atoms. The van der Waals surface area contributed by atoms with Gasteiger partial charge in [-0.05, 0) is 37.5 Å². The van der Waals surface area contributed by atoms with E-state index in [1.807, 2.05) is 0 Å². The zero-order chi connectivity index (χ0) is 10.9. The molecule has 0 aromatic rings. The van der Waals surface area contributed by atoms with Crippen molar-refractivity contribution in [2.45, 2.75) is 58.0 Å². The molecule has 2 rings (SSSR count). The molecule has 2 fully saturated rings. The van der Waals surface area contributed by atoms with Crippen LogP contribution in [0.4, 0.5) is 0 Å². The van der Waals surface area contributed by atoms with Crippen LogP contribution in [0.5, 0.6) is 0 Å². The van der Waals surface area contributed by atoms with E-state index >= 15 is 0 Å². The highest BCUT2D eigenvalue weighted by Gasteiger charge is 2.38. The van der Waals surface area contributed by atoms with Crippen LogP contribution in [0.25, 0.3) is 0 Å². The second kappa shape index (κ2) is 4.42. The van der Waals surface area contributed by atoms with Crippen LogP contribution in [0, 0.1) is 11.8 Å². The molecule has 0 radical (unpaired) electrons. The molecule has 1 saturated carbocycles. The van der Waals surface area contributed by atoms with Crippen molar-refractivity contribution in [2.24, 2.45) is 11.8 Å². The minimum Gasteiger partial charge on any atom is -0.313 e. The first-order chi connectivity index (χ1) is 7.11. The second-order valence-electron chi connectivity index (χ2n) is 6.09. The summed E-state index contributed by atoms with van der Waals surface area (Å²) in [5, 5.41) is 7.56. The molecule has 1 spiro atoms. The topological polar surface area (TPSA) is 24.1 Å². The van der Waals surface area contributed by atoms with Crippen LogP contribution in [0.3, 0.4) is 0 Å². The van der Waals surface area contributed by atoms with Crippen molar-refractivity contribution >= 4 is 0 Å². The van der Waals surface area contributed by atoms with Gasteiger partial charge in [-0.1, -0.05) is 20.8 Å². The molecule has 2 heteroatoms. The third-order valence-electron chi connectivity index (χ3n) is 4.36. The Bertz CT molecular complexity index is 205. The summed E-state index contributed by atoms with van der Waals surface area (Å²) in [7, 11) is 0. The lowest BCUT2D eigenvalue weighted by Gasteiger charge is -2.47. The van der Waals surface area contributed by atoms with Crippen molar-refractivity contribution in [2.75, 3.05) is 13.1 Å². The van der Waals surface area contributed by atoms with E-state index in [0.717, 1.165) is 18.4 Å². The molecule has 0 amide bonds. The second-order valence-corrected chi connectivity index (χ2v) is 6.09. The number of rotatable bonds is 1. The van der Waals surface area contributed by atoms with Gasteiger partial charge >= 0.3 is 0 Å². The summed E-state index contributed by atoms with van der Waals surface area (Å²) in [6, 6.07) is 0.673. The first-order valence-corrected chi connectivity index (χ1v) is 6.60. The fraction of sp³-hybridized carbons (Fsp3) is 1.00. The molecule has 0 aromatic heterocycles. The minimum atomic E-state index is 0.430. The molecule has 2 nitrogen and oxygen atoms in total. The first kappa shape index (κ1) is 11.4. The predicted octanol–water partition coefficient (Wildman–Crippen LogP) is 2.15. The van der Waals surface area contributed by atoms with Gasteiger partial charge in [0, 0.05) is 24.7 Å². The zero-order valence-electron chi connectivity index (χ0n) is 10.5. The van der Waals surface area contributed by atoms with Crippen LogP contribution in [-0.2, 0) is 0 Å². The maximum absolute atomic E-state index is 3.93. The summed E-state index contributed by atoms with van der Waals surface area (Å²) in [5.41, 5.74) is 0.430.